The lowest BCUT2D eigenvalue weighted by atomic mass is 9.80. The number of rotatable bonds is 6. The average molecular weight is 287 g/mol. The Bertz CT molecular complexity index is 538. The molecule has 1 fully saturated rings. The molecule has 3 rings (SSSR count). The number of nitrogens with zero attached hydrogens (tertiary/aromatic N) is 1. The highest BCUT2D eigenvalue weighted by molar-refractivity contribution is 7.07. The Morgan fingerprint density at radius 1 is 1.05 bits per heavy atom. The molecule has 1 aliphatic carbocycles. The van der Waals surface area contributed by atoms with Crippen LogP contribution in [-0.4, -0.2) is 28.1 Å². The third-order valence-electron chi connectivity index (χ3n) is 3.69. The van der Waals surface area contributed by atoms with Gasteiger partial charge in [0.25, 0.3) is 0 Å². The Hall–Kier alpha value is -1.14. The summed E-state index contributed by atoms with van der Waals surface area (Å²) in [4.78, 5) is 2.51. The van der Waals surface area contributed by atoms with Crippen molar-refractivity contribution in [3.63, 3.8) is 0 Å². The summed E-state index contributed by atoms with van der Waals surface area (Å²) in [6, 6.07) is 10.4. The van der Waals surface area contributed by atoms with Crippen LogP contribution >= 0.6 is 11.3 Å². The molecule has 1 aromatic heterocycles. The van der Waals surface area contributed by atoms with E-state index in [0.29, 0.717) is 11.5 Å². The smallest absolute Gasteiger partial charge is 0.423 e. The second kappa shape index (κ2) is 6.10. The van der Waals surface area contributed by atoms with Crippen LogP contribution in [0.1, 0.15) is 24.0 Å². The average Bonchev–Trinajstić information content (AvgIpc) is 3.17. The Kier molecular flexibility index (Phi) is 4.22. The molecule has 0 radical (unpaired) electrons. The fourth-order valence-electron chi connectivity index (χ4n) is 2.40. The monoisotopic (exact) mass is 287 g/mol. The highest BCUT2D eigenvalue weighted by Gasteiger charge is 2.29. The Morgan fingerprint density at radius 2 is 1.75 bits per heavy atom. The Balaban J connectivity index is 1.67. The van der Waals surface area contributed by atoms with Crippen LogP contribution in [0.25, 0.3) is 0 Å². The van der Waals surface area contributed by atoms with Crippen molar-refractivity contribution < 1.29 is 10.0 Å². The highest BCUT2D eigenvalue weighted by Crippen LogP contribution is 2.30. The molecule has 0 unspecified atom stereocenters. The zero-order valence-corrected chi connectivity index (χ0v) is 12.1. The topological polar surface area (TPSA) is 43.7 Å². The molecule has 0 spiro atoms. The van der Waals surface area contributed by atoms with E-state index in [1.807, 2.05) is 12.1 Å². The summed E-state index contributed by atoms with van der Waals surface area (Å²) >= 11 is 1.74. The van der Waals surface area contributed by atoms with Crippen LogP contribution in [0.5, 0.6) is 0 Å². The zero-order valence-electron chi connectivity index (χ0n) is 11.3. The molecular weight excluding hydrogens is 269 g/mol. The van der Waals surface area contributed by atoms with Gasteiger partial charge in [-0.1, -0.05) is 24.3 Å². The van der Waals surface area contributed by atoms with E-state index < -0.39 is 7.12 Å². The molecule has 0 bridgehead atoms. The maximum absolute atomic E-state index is 9.11. The van der Waals surface area contributed by atoms with Gasteiger partial charge in [-0.3, -0.25) is 4.90 Å². The molecular formula is C15H18BNO2S. The third-order valence-corrected chi connectivity index (χ3v) is 4.42. The molecule has 1 aliphatic rings. The van der Waals surface area contributed by atoms with Crippen molar-refractivity contribution in [1.82, 2.24) is 4.90 Å². The standard InChI is InChI=1S/C15H18BNO2S/c18-16(19)14-3-1-12(2-4-14)9-17(15-5-6-15)10-13-7-8-20-11-13/h1-4,7-8,11,15,18-19H,5-6,9-10H2. The van der Waals surface area contributed by atoms with Crippen LogP contribution < -0.4 is 5.46 Å². The summed E-state index contributed by atoms with van der Waals surface area (Å²) in [6.45, 7) is 1.92. The first kappa shape index (κ1) is 13.8. The summed E-state index contributed by atoms with van der Waals surface area (Å²) in [6.07, 6.45) is 2.58. The van der Waals surface area contributed by atoms with E-state index in [-0.39, 0.29) is 0 Å². The molecule has 2 N–H and O–H groups in total. The quantitative estimate of drug-likeness (QED) is 0.793. The summed E-state index contributed by atoms with van der Waals surface area (Å²) < 4.78 is 0. The highest BCUT2D eigenvalue weighted by atomic mass is 32.1. The van der Waals surface area contributed by atoms with Gasteiger partial charge in [0.2, 0.25) is 0 Å². The van der Waals surface area contributed by atoms with Gasteiger partial charge in [0.15, 0.2) is 0 Å². The van der Waals surface area contributed by atoms with E-state index in [2.05, 4.69) is 21.7 Å². The van der Waals surface area contributed by atoms with Crippen LogP contribution in [-0.2, 0) is 13.1 Å². The maximum atomic E-state index is 9.11. The van der Waals surface area contributed by atoms with Gasteiger partial charge in [-0.2, -0.15) is 11.3 Å². The molecule has 0 amide bonds. The summed E-state index contributed by atoms with van der Waals surface area (Å²) in [7, 11) is -1.38. The fourth-order valence-corrected chi connectivity index (χ4v) is 3.06. The minimum atomic E-state index is -1.38. The molecule has 2 aromatic rings. The van der Waals surface area contributed by atoms with Crippen molar-refractivity contribution in [2.24, 2.45) is 0 Å². The third kappa shape index (κ3) is 3.49. The first-order chi connectivity index (χ1) is 9.72. The van der Waals surface area contributed by atoms with Crippen molar-refractivity contribution in [3.8, 4) is 0 Å². The normalized spacial score (nSPS) is 14.8. The van der Waals surface area contributed by atoms with E-state index in [1.165, 1.54) is 24.0 Å². The molecule has 20 heavy (non-hydrogen) atoms. The van der Waals surface area contributed by atoms with Gasteiger partial charge >= 0.3 is 7.12 Å². The van der Waals surface area contributed by atoms with Gasteiger partial charge in [0.05, 0.1) is 0 Å². The van der Waals surface area contributed by atoms with Crippen molar-refractivity contribution in [1.29, 1.82) is 0 Å². The first-order valence-electron chi connectivity index (χ1n) is 6.92. The van der Waals surface area contributed by atoms with Gasteiger partial charge in [-0.25, -0.2) is 0 Å². The Labute approximate surface area is 123 Å². The molecule has 3 nitrogen and oxygen atoms in total. The van der Waals surface area contributed by atoms with E-state index in [1.54, 1.807) is 23.5 Å². The molecule has 0 atom stereocenters. The van der Waals surface area contributed by atoms with Crippen LogP contribution in [0.2, 0.25) is 0 Å². The molecule has 104 valence electrons. The lowest BCUT2D eigenvalue weighted by Crippen LogP contribution is -2.30. The van der Waals surface area contributed by atoms with E-state index in [0.717, 1.165) is 13.1 Å². The van der Waals surface area contributed by atoms with Gasteiger partial charge in [-0.15, -0.1) is 0 Å². The van der Waals surface area contributed by atoms with E-state index in [4.69, 9.17) is 10.0 Å². The molecule has 1 saturated carbocycles. The minimum Gasteiger partial charge on any atom is -0.423 e. The van der Waals surface area contributed by atoms with Crippen LogP contribution in [0.15, 0.2) is 41.1 Å². The minimum absolute atomic E-state index is 0.546. The second-order valence-corrected chi connectivity index (χ2v) is 6.16. The van der Waals surface area contributed by atoms with Gasteiger partial charge in [0.1, 0.15) is 0 Å². The summed E-state index contributed by atoms with van der Waals surface area (Å²) in [5.41, 5.74) is 3.14. The van der Waals surface area contributed by atoms with Crippen molar-refractivity contribution >= 4 is 23.9 Å². The molecule has 5 heteroatoms. The van der Waals surface area contributed by atoms with Crippen molar-refractivity contribution in [3.05, 3.63) is 52.2 Å². The van der Waals surface area contributed by atoms with Gasteiger partial charge in [0, 0.05) is 19.1 Å². The number of hydrogen-bond acceptors (Lipinski definition) is 4. The zero-order chi connectivity index (χ0) is 13.9. The summed E-state index contributed by atoms with van der Waals surface area (Å²) in [5.74, 6) is 0. The lowest BCUT2D eigenvalue weighted by Gasteiger charge is -2.21. The van der Waals surface area contributed by atoms with Crippen LogP contribution in [0.3, 0.4) is 0 Å². The number of thiophene rings is 1. The molecule has 1 heterocycles. The van der Waals surface area contributed by atoms with Crippen molar-refractivity contribution in [2.45, 2.75) is 32.0 Å². The summed E-state index contributed by atoms with van der Waals surface area (Å²) in [5, 5.41) is 22.6. The number of hydrogen-bond donors (Lipinski definition) is 2. The lowest BCUT2D eigenvalue weighted by molar-refractivity contribution is 0.246. The molecule has 0 aliphatic heterocycles. The van der Waals surface area contributed by atoms with Crippen LogP contribution in [0.4, 0.5) is 0 Å². The largest absolute Gasteiger partial charge is 0.488 e. The first-order valence-corrected chi connectivity index (χ1v) is 7.87. The van der Waals surface area contributed by atoms with Crippen molar-refractivity contribution in [2.75, 3.05) is 0 Å². The molecule has 1 aromatic carbocycles. The number of benzene rings is 1. The maximum Gasteiger partial charge on any atom is 0.488 e. The van der Waals surface area contributed by atoms with E-state index >= 15 is 0 Å². The van der Waals surface area contributed by atoms with E-state index in [9.17, 15) is 0 Å². The predicted octanol–water partition coefficient (Wildman–Crippen LogP) is 1.59. The van der Waals surface area contributed by atoms with Gasteiger partial charge in [-0.05, 0) is 46.3 Å². The fraction of sp³-hybridized carbons (Fsp3) is 0.333. The second-order valence-electron chi connectivity index (χ2n) is 5.38. The predicted molar refractivity (Wildman–Crippen MR) is 82.9 cm³/mol. The SMILES string of the molecule is OB(O)c1ccc(CN(Cc2ccsc2)C2CC2)cc1. The molecule has 0 saturated heterocycles. The van der Waals surface area contributed by atoms with Crippen LogP contribution in [0, 0.1) is 0 Å². The Morgan fingerprint density at radius 3 is 2.30 bits per heavy atom. The van der Waals surface area contributed by atoms with Gasteiger partial charge < -0.3 is 10.0 Å².